The van der Waals surface area contributed by atoms with Crippen molar-refractivity contribution in [3.05, 3.63) is 69.7 Å². The van der Waals surface area contributed by atoms with Crippen LogP contribution in [0.2, 0.25) is 0 Å². The Labute approximate surface area is 163 Å². The molecule has 4 nitrogen and oxygen atoms in total. The van der Waals surface area contributed by atoms with Crippen molar-refractivity contribution < 1.29 is 13.2 Å². The van der Waals surface area contributed by atoms with Gasteiger partial charge in [0.1, 0.15) is 0 Å². The molecule has 138 valence electrons. The van der Waals surface area contributed by atoms with E-state index in [4.69, 9.17) is 0 Å². The Bertz CT molecular complexity index is 876. The number of sulfone groups is 1. The number of carbonyl (C=O) groups is 1. The van der Waals surface area contributed by atoms with E-state index in [1.807, 2.05) is 24.3 Å². The minimum atomic E-state index is -3.07. The predicted molar refractivity (Wildman–Crippen MR) is 107 cm³/mol. The highest BCUT2D eigenvalue weighted by atomic mass is 79.9. The first-order valence-electron chi connectivity index (χ1n) is 8.73. The van der Waals surface area contributed by atoms with Gasteiger partial charge < -0.3 is 4.90 Å². The molecule has 0 radical (unpaired) electrons. The van der Waals surface area contributed by atoms with Gasteiger partial charge in [0.15, 0.2) is 9.84 Å². The number of halogens is 1. The minimum Gasteiger partial charge on any atom is -0.330 e. The van der Waals surface area contributed by atoms with Crippen molar-refractivity contribution in [2.45, 2.75) is 32.4 Å². The van der Waals surface area contributed by atoms with Crippen molar-refractivity contribution in [2.24, 2.45) is 0 Å². The molecule has 1 saturated heterocycles. The van der Waals surface area contributed by atoms with Gasteiger partial charge >= 0.3 is 0 Å². The van der Waals surface area contributed by atoms with E-state index in [1.165, 1.54) is 5.56 Å². The molecule has 0 spiro atoms. The van der Waals surface area contributed by atoms with Crippen molar-refractivity contribution in [1.82, 2.24) is 4.90 Å². The fourth-order valence-corrected chi connectivity index (χ4v) is 5.22. The largest absolute Gasteiger partial charge is 0.330 e. The first-order chi connectivity index (χ1) is 12.4. The first kappa shape index (κ1) is 19.1. The Morgan fingerprint density at radius 3 is 2.23 bits per heavy atom. The van der Waals surface area contributed by atoms with Crippen molar-refractivity contribution in [3.63, 3.8) is 0 Å². The van der Waals surface area contributed by atoms with Crippen molar-refractivity contribution in [1.29, 1.82) is 0 Å². The van der Waals surface area contributed by atoms with Crippen molar-refractivity contribution in [2.75, 3.05) is 11.5 Å². The van der Waals surface area contributed by atoms with Crippen LogP contribution in [0.3, 0.4) is 0 Å². The zero-order valence-electron chi connectivity index (χ0n) is 14.7. The van der Waals surface area contributed by atoms with Crippen LogP contribution in [0.5, 0.6) is 0 Å². The lowest BCUT2D eigenvalue weighted by Crippen LogP contribution is -2.40. The number of hydrogen-bond donors (Lipinski definition) is 0. The molecule has 2 aromatic rings. The van der Waals surface area contributed by atoms with Gasteiger partial charge in [-0.3, -0.25) is 4.79 Å². The van der Waals surface area contributed by atoms with Crippen LogP contribution < -0.4 is 0 Å². The van der Waals surface area contributed by atoms with Crippen LogP contribution in [0, 0.1) is 0 Å². The van der Waals surface area contributed by atoms with E-state index in [0.717, 1.165) is 16.5 Å². The third-order valence-corrected chi connectivity index (χ3v) is 7.06. The van der Waals surface area contributed by atoms with E-state index in [0.29, 0.717) is 18.5 Å². The van der Waals surface area contributed by atoms with Crippen LogP contribution in [-0.2, 0) is 22.8 Å². The summed E-state index contributed by atoms with van der Waals surface area (Å²) in [7, 11) is -3.07. The molecular weight excluding hydrogens is 414 g/mol. The second-order valence-electron chi connectivity index (χ2n) is 6.67. The summed E-state index contributed by atoms with van der Waals surface area (Å²) in [5, 5.41) is 0. The van der Waals surface area contributed by atoms with Gasteiger partial charge in [-0.25, -0.2) is 8.42 Å². The summed E-state index contributed by atoms with van der Waals surface area (Å²) in [5.41, 5.74) is 2.82. The van der Waals surface area contributed by atoms with Gasteiger partial charge in [0.05, 0.1) is 11.5 Å². The molecule has 0 aliphatic carbocycles. The second-order valence-corrected chi connectivity index (χ2v) is 9.81. The third kappa shape index (κ3) is 4.54. The van der Waals surface area contributed by atoms with Crippen LogP contribution >= 0.6 is 15.9 Å². The third-order valence-electron chi connectivity index (χ3n) is 4.79. The first-order valence-corrected chi connectivity index (χ1v) is 11.3. The Kier molecular flexibility index (Phi) is 5.82. The maximum Gasteiger partial charge on any atom is 0.254 e. The molecule has 0 saturated carbocycles. The highest BCUT2D eigenvalue weighted by Crippen LogP contribution is 2.23. The Hall–Kier alpha value is -1.66. The fourth-order valence-electron chi connectivity index (χ4n) is 3.22. The fraction of sp³-hybridized carbons (Fsp3) is 0.350. The molecule has 0 unspecified atom stereocenters. The van der Waals surface area contributed by atoms with E-state index in [-0.39, 0.29) is 23.5 Å². The van der Waals surface area contributed by atoms with E-state index in [2.05, 4.69) is 35.0 Å². The Morgan fingerprint density at radius 2 is 1.69 bits per heavy atom. The number of amides is 1. The zero-order valence-corrected chi connectivity index (χ0v) is 17.1. The average molecular weight is 436 g/mol. The topological polar surface area (TPSA) is 54.5 Å². The van der Waals surface area contributed by atoms with Crippen LogP contribution in [0.1, 0.15) is 34.8 Å². The monoisotopic (exact) mass is 435 g/mol. The smallest absolute Gasteiger partial charge is 0.254 e. The maximum absolute atomic E-state index is 13.1. The number of benzene rings is 2. The molecular formula is C20H22BrNO3S. The summed E-state index contributed by atoms with van der Waals surface area (Å²) in [5.74, 6) is 0.0676. The normalized spacial score (nSPS) is 18.6. The molecule has 1 atom stereocenters. The number of hydrogen-bond acceptors (Lipinski definition) is 3. The Balaban J connectivity index is 1.88. The van der Waals surface area contributed by atoms with Crippen molar-refractivity contribution in [3.8, 4) is 0 Å². The van der Waals surface area contributed by atoms with Gasteiger partial charge in [-0.1, -0.05) is 47.1 Å². The number of nitrogens with zero attached hydrogens (tertiary/aromatic N) is 1. The lowest BCUT2D eigenvalue weighted by molar-refractivity contribution is 0.0681. The molecule has 6 heteroatoms. The number of rotatable bonds is 5. The summed E-state index contributed by atoms with van der Waals surface area (Å²) in [4.78, 5) is 14.8. The number of carbonyl (C=O) groups excluding carboxylic acids is 1. The minimum absolute atomic E-state index is 0.0440. The second kappa shape index (κ2) is 7.92. The number of aryl methyl sites for hydroxylation is 1. The molecule has 1 aliphatic rings. The van der Waals surface area contributed by atoms with Crippen LogP contribution in [0.4, 0.5) is 0 Å². The van der Waals surface area contributed by atoms with Crippen LogP contribution in [0.15, 0.2) is 53.0 Å². The molecule has 1 fully saturated rings. The lowest BCUT2D eigenvalue weighted by Gasteiger charge is -2.28. The van der Waals surface area contributed by atoms with Gasteiger partial charge in [0.25, 0.3) is 5.91 Å². The predicted octanol–water partition coefficient (Wildman–Crippen LogP) is 3.84. The van der Waals surface area contributed by atoms with E-state index in [9.17, 15) is 13.2 Å². The standard InChI is InChI=1S/C20H22BrNO3S/c1-2-15-3-5-16(6-4-15)13-22(19-11-12-26(24,25)14-19)20(23)17-7-9-18(21)10-8-17/h3-10,19H,2,11-14H2,1H3/t19-/m0/s1. The van der Waals surface area contributed by atoms with Crippen LogP contribution in [0.25, 0.3) is 0 Å². The molecule has 1 aliphatic heterocycles. The highest BCUT2D eigenvalue weighted by molar-refractivity contribution is 9.10. The maximum atomic E-state index is 13.1. The zero-order chi connectivity index (χ0) is 18.7. The van der Waals surface area contributed by atoms with E-state index < -0.39 is 9.84 Å². The van der Waals surface area contributed by atoms with E-state index >= 15 is 0 Å². The Morgan fingerprint density at radius 1 is 1.08 bits per heavy atom. The molecule has 2 aromatic carbocycles. The van der Waals surface area contributed by atoms with Gasteiger partial charge in [0, 0.05) is 22.6 Å². The quantitative estimate of drug-likeness (QED) is 0.716. The molecule has 1 amide bonds. The average Bonchev–Trinajstić information content (AvgIpc) is 3.00. The van der Waals surface area contributed by atoms with Crippen molar-refractivity contribution >= 4 is 31.7 Å². The van der Waals surface area contributed by atoms with E-state index in [1.54, 1.807) is 17.0 Å². The van der Waals surface area contributed by atoms with Gasteiger partial charge in [-0.15, -0.1) is 0 Å². The SMILES string of the molecule is CCc1ccc(CN(C(=O)c2ccc(Br)cc2)[C@H]2CCS(=O)(=O)C2)cc1. The molecule has 1 heterocycles. The molecule has 0 bridgehead atoms. The highest BCUT2D eigenvalue weighted by Gasteiger charge is 2.35. The summed E-state index contributed by atoms with van der Waals surface area (Å²) < 4.78 is 24.8. The summed E-state index contributed by atoms with van der Waals surface area (Å²) in [6, 6.07) is 15.1. The van der Waals surface area contributed by atoms with Gasteiger partial charge in [0.2, 0.25) is 0 Å². The molecule has 26 heavy (non-hydrogen) atoms. The summed E-state index contributed by atoms with van der Waals surface area (Å²) in [6.07, 6.45) is 1.46. The summed E-state index contributed by atoms with van der Waals surface area (Å²) >= 11 is 3.38. The summed E-state index contributed by atoms with van der Waals surface area (Å²) in [6.45, 7) is 2.51. The van der Waals surface area contributed by atoms with Gasteiger partial charge in [-0.2, -0.15) is 0 Å². The lowest BCUT2D eigenvalue weighted by atomic mass is 10.1. The molecule has 3 rings (SSSR count). The van der Waals surface area contributed by atoms with Gasteiger partial charge in [-0.05, 0) is 48.2 Å². The van der Waals surface area contributed by atoms with Crippen LogP contribution in [-0.4, -0.2) is 36.8 Å². The molecule has 0 aromatic heterocycles. The molecule has 0 N–H and O–H groups in total.